The number of carbonyl (C=O) groups is 1. The summed E-state index contributed by atoms with van der Waals surface area (Å²) < 4.78 is 0. The van der Waals surface area contributed by atoms with Crippen molar-refractivity contribution >= 4 is 17.5 Å². The van der Waals surface area contributed by atoms with Crippen LogP contribution < -0.4 is 0 Å². The topological polar surface area (TPSA) is 40.5 Å². The van der Waals surface area contributed by atoms with E-state index in [-0.39, 0.29) is 11.9 Å². The van der Waals surface area contributed by atoms with E-state index in [1.54, 1.807) is 36.2 Å². The fraction of sp³-hybridized carbons (Fsp3) is 0.500. The van der Waals surface area contributed by atoms with Gasteiger partial charge in [-0.2, -0.15) is 0 Å². The van der Waals surface area contributed by atoms with E-state index in [1.165, 1.54) is 0 Å². The van der Waals surface area contributed by atoms with Crippen molar-refractivity contribution in [1.29, 1.82) is 0 Å². The van der Waals surface area contributed by atoms with Crippen molar-refractivity contribution in [1.82, 2.24) is 4.90 Å². The summed E-state index contributed by atoms with van der Waals surface area (Å²) in [6.07, 6.45) is 3.29. The number of carbonyl (C=O) groups excluding carboxylic acids is 1. The smallest absolute Gasteiger partial charge is 0.255 e. The number of amides is 1. The normalized spacial score (nSPS) is 23.7. The predicted molar refractivity (Wildman–Crippen MR) is 71.8 cm³/mol. The van der Waals surface area contributed by atoms with Gasteiger partial charge in [-0.25, -0.2) is 0 Å². The standard InChI is InChI=1S/C14H18ClNO2/c1-16(12-8-4-5-9-13(12)17)14(18)10-6-2-3-7-11(10)15/h2-3,6-7,12-13,17H,4-5,8-9H2,1H3/t12-,13-/m1/s1. The monoisotopic (exact) mass is 267 g/mol. The molecule has 18 heavy (non-hydrogen) atoms. The summed E-state index contributed by atoms with van der Waals surface area (Å²) in [5.74, 6) is -0.119. The zero-order valence-electron chi connectivity index (χ0n) is 10.5. The Morgan fingerprint density at radius 1 is 1.33 bits per heavy atom. The molecule has 1 aliphatic carbocycles. The number of likely N-dealkylation sites (N-methyl/N-ethyl adjacent to an activating group) is 1. The van der Waals surface area contributed by atoms with E-state index < -0.39 is 6.10 Å². The molecule has 0 radical (unpaired) electrons. The minimum Gasteiger partial charge on any atom is -0.391 e. The number of halogens is 1. The molecule has 2 rings (SSSR count). The molecule has 2 atom stereocenters. The largest absolute Gasteiger partial charge is 0.391 e. The summed E-state index contributed by atoms with van der Waals surface area (Å²) >= 11 is 6.03. The lowest BCUT2D eigenvalue weighted by molar-refractivity contribution is 0.0268. The van der Waals surface area contributed by atoms with E-state index in [0.717, 1.165) is 25.7 Å². The van der Waals surface area contributed by atoms with Gasteiger partial charge in [0.1, 0.15) is 0 Å². The maximum absolute atomic E-state index is 12.3. The minimum atomic E-state index is -0.421. The molecule has 3 nitrogen and oxygen atoms in total. The molecular weight excluding hydrogens is 250 g/mol. The van der Waals surface area contributed by atoms with Crippen LogP contribution in [0.5, 0.6) is 0 Å². The molecule has 0 unspecified atom stereocenters. The highest BCUT2D eigenvalue weighted by atomic mass is 35.5. The third-order valence-electron chi connectivity index (χ3n) is 3.62. The Kier molecular flexibility index (Phi) is 4.25. The van der Waals surface area contributed by atoms with Crippen molar-refractivity contribution in [2.45, 2.75) is 37.8 Å². The first-order chi connectivity index (χ1) is 8.61. The van der Waals surface area contributed by atoms with Gasteiger partial charge in [-0.15, -0.1) is 0 Å². The van der Waals surface area contributed by atoms with Crippen LogP contribution in [-0.4, -0.2) is 35.1 Å². The van der Waals surface area contributed by atoms with Crippen molar-refractivity contribution in [3.05, 3.63) is 34.9 Å². The number of aliphatic hydroxyl groups excluding tert-OH is 1. The molecule has 0 aromatic heterocycles. The molecule has 1 N–H and O–H groups in total. The van der Waals surface area contributed by atoms with E-state index in [4.69, 9.17) is 11.6 Å². The summed E-state index contributed by atoms with van der Waals surface area (Å²) in [5, 5.41) is 10.4. The van der Waals surface area contributed by atoms with Gasteiger partial charge >= 0.3 is 0 Å². The van der Waals surface area contributed by atoms with Gasteiger partial charge in [0, 0.05) is 7.05 Å². The van der Waals surface area contributed by atoms with Crippen molar-refractivity contribution in [2.24, 2.45) is 0 Å². The molecular formula is C14H18ClNO2. The van der Waals surface area contributed by atoms with Crippen LogP contribution in [0.3, 0.4) is 0 Å². The molecule has 0 spiro atoms. The minimum absolute atomic E-state index is 0.0949. The van der Waals surface area contributed by atoms with E-state index >= 15 is 0 Å². The van der Waals surface area contributed by atoms with Crippen LogP contribution in [0.2, 0.25) is 5.02 Å². The van der Waals surface area contributed by atoms with E-state index in [1.807, 2.05) is 0 Å². The molecule has 4 heteroatoms. The van der Waals surface area contributed by atoms with Gasteiger partial charge in [0.15, 0.2) is 0 Å². The third-order valence-corrected chi connectivity index (χ3v) is 3.95. The van der Waals surface area contributed by atoms with Crippen molar-refractivity contribution < 1.29 is 9.90 Å². The molecule has 1 saturated carbocycles. The Morgan fingerprint density at radius 3 is 2.67 bits per heavy atom. The van der Waals surface area contributed by atoms with Gasteiger partial charge < -0.3 is 10.0 Å². The number of aliphatic hydroxyl groups is 1. The zero-order chi connectivity index (χ0) is 13.1. The SMILES string of the molecule is CN(C(=O)c1ccccc1Cl)[C@@H]1CCCC[C@H]1O. The van der Waals surface area contributed by atoms with Crippen molar-refractivity contribution in [3.63, 3.8) is 0 Å². The van der Waals surface area contributed by atoms with Gasteiger partial charge in [0.05, 0.1) is 22.7 Å². The number of nitrogens with zero attached hydrogens (tertiary/aromatic N) is 1. The Bertz CT molecular complexity index is 436. The second kappa shape index (κ2) is 5.72. The molecule has 1 aliphatic rings. The lowest BCUT2D eigenvalue weighted by atomic mass is 9.91. The van der Waals surface area contributed by atoms with Gasteiger partial charge in [-0.1, -0.05) is 36.6 Å². The average molecular weight is 268 g/mol. The Balaban J connectivity index is 2.16. The Labute approximate surface area is 112 Å². The maximum atomic E-state index is 12.3. The average Bonchev–Trinajstić information content (AvgIpc) is 2.38. The summed E-state index contributed by atoms with van der Waals surface area (Å²) in [5.41, 5.74) is 0.499. The number of hydrogen-bond acceptors (Lipinski definition) is 2. The van der Waals surface area contributed by atoms with Crippen LogP contribution in [0.15, 0.2) is 24.3 Å². The fourth-order valence-electron chi connectivity index (χ4n) is 2.52. The van der Waals surface area contributed by atoms with Crippen LogP contribution >= 0.6 is 11.6 Å². The third kappa shape index (κ3) is 2.68. The highest BCUT2D eigenvalue weighted by Crippen LogP contribution is 2.25. The van der Waals surface area contributed by atoms with Gasteiger partial charge in [-0.05, 0) is 25.0 Å². The molecule has 98 valence electrons. The molecule has 0 saturated heterocycles. The predicted octanol–water partition coefficient (Wildman–Crippen LogP) is 2.72. The van der Waals surface area contributed by atoms with Gasteiger partial charge in [0.25, 0.3) is 5.91 Å². The van der Waals surface area contributed by atoms with Gasteiger partial charge in [0.2, 0.25) is 0 Å². The highest BCUT2D eigenvalue weighted by Gasteiger charge is 2.30. The van der Waals surface area contributed by atoms with Crippen LogP contribution in [0, 0.1) is 0 Å². The van der Waals surface area contributed by atoms with Crippen LogP contribution in [0.25, 0.3) is 0 Å². The number of hydrogen-bond donors (Lipinski definition) is 1. The molecule has 1 fully saturated rings. The summed E-state index contributed by atoms with van der Waals surface area (Å²) in [6.45, 7) is 0. The first-order valence-corrected chi connectivity index (χ1v) is 6.69. The van der Waals surface area contributed by atoms with Crippen LogP contribution in [0.4, 0.5) is 0 Å². The van der Waals surface area contributed by atoms with Crippen molar-refractivity contribution in [3.8, 4) is 0 Å². The summed E-state index contributed by atoms with van der Waals surface area (Å²) in [4.78, 5) is 14.0. The second-order valence-corrected chi connectivity index (χ2v) is 5.22. The summed E-state index contributed by atoms with van der Waals surface area (Å²) in [7, 11) is 1.74. The van der Waals surface area contributed by atoms with E-state index in [9.17, 15) is 9.90 Å². The van der Waals surface area contributed by atoms with Crippen LogP contribution in [0.1, 0.15) is 36.0 Å². The Hall–Kier alpha value is -1.06. The number of rotatable bonds is 2. The van der Waals surface area contributed by atoms with Crippen LogP contribution in [-0.2, 0) is 0 Å². The molecule has 0 bridgehead atoms. The summed E-state index contributed by atoms with van der Waals surface area (Å²) in [6, 6.07) is 6.93. The Morgan fingerprint density at radius 2 is 2.00 bits per heavy atom. The molecule has 1 aromatic rings. The van der Waals surface area contributed by atoms with E-state index in [0.29, 0.717) is 10.6 Å². The molecule has 0 aliphatic heterocycles. The zero-order valence-corrected chi connectivity index (χ0v) is 11.2. The first kappa shape index (κ1) is 13.4. The highest BCUT2D eigenvalue weighted by molar-refractivity contribution is 6.33. The first-order valence-electron chi connectivity index (χ1n) is 6.31. The molecule has 0 heterocycles. The quantitative estimate of drug-likeness (QED) is 0.895. The maximum Gasteiger partial charge on any atom is 0.255 e. The van der Waals surface area contributed by atoms with Gasteiger partial charge in [-0.3, -0.25) is 4.79 Å². The van der Waals surface area contributed by atoms with Crippen molar-refractivity contribution in [2.75, 3.05) is 7.05 Å². The molecule has 1 amide bonds. The lowest BCUT2D eigenvalue weighted by Gasteiger charge is -2.35. The molecule has 1 aromatic carbocycles. The fourth-order valence-corrected chi connectivity index (χ4v) is 2.74. The van der Waals surface area contributed by atoms with E-state index in [2.05, 4.69) is 0 Å². The number of benzene rings is 1. The second-order valence-electron chi connectivity index (χ2n) is 4.82. The lowest BCUT2D eigenvalue weighted by Crippen LogP contribution is -2.46.